The maximum Gasteiger partial charge on any atom is 0.203 e. The zero-order valence-corrected chi connectivity index (χ0v) is 14.1. The Morgan fingerprint density at radius 3 is 1.92 bits per heavy atom. The SMILES string of the molecule is COc1ccc(C(=O)COc2c(OC)cccc2OC)cc1OC. The van der Waals surface area contributed by atoms with Gasteiger partial charge in [0.1, 0.15) is 0 Å². The molecule has 0 spiro atoms. The Kier molecular flexibility index (Phi) is 5.89. The first-order valence-electron chi connectivity index (χ1n) is 7.23. The van der Waals surface area contributed by atoms with Crippen LogP contribution in [-0.4, -0.2) is 40.8 Å². The van der Waals surface area contributed by atoms with Gasteiger partial charge >= 0.3 is 0 Å². The van der Waals surface area contributed by atoms with E-state index in [0.29, 0.717) is 34.3 Å². The van der Waals surface area contributed by atoms with Crippen molar-refractivity contribution in [3.63, 3.8) is 0 Å². The molecule has 6 heteroatoms. The van der Waals surface area contributed by atoms with Gasteiger partial charge in [0.05, 0.1) is 28.4 Å². The van der Waals surface area contributed by atoms with Crippen molar-refractivity contribution in [2.24, 2.45) is 0 Å². The van der Waals surface area contributed by atoms with Crippen LogP contribution in [0.15, 0.2) is 36.4 Å². The van der Waals surface area contributed by atoms with Gasteiger partial charge in [-0.3, -0.25) is 4.79 Å². The van der Waals surface area contributed by atoms with E-state index in [1.165, 1.54) is 28.4 Å². The summed E-state index contributed by atoms with van der Waals surface area (Å²) in [6, 6.07) is 10.2. The summed E-state index contributed by atoms with van der Waals surface area (Å²) in [6.07, 6.45) is 0. The number of rotatable bonds is 8. The fourth-order valence-corrected chi connectivity index (χ4v) is 2.19. The first kappa shape index (κ1) is 17.5. The number of carbonyl (C=O) groups is 1. The van der Waals surface area contributed by atoms with Gasteiger partial charge in [0, 0.05) is 5.56 Å². The maximum absolute atomic E-state index is 12.4. The molecule has 0 amide bonds. The zero-order chi connectivity index (χ0) is 17.5. The molecule has 0 aliphatic carbocycles. The summed E-state index contributed by atoms with van der Waals surface area (Å²) < 4.78 is 26.5. The van der Waals surface area contributed by atoms with E-state index in [2.05, 4.69) is 0 Å². The second kappa shape index (κ2) is 8.10. The van der Waals surface area contributed by atoms with Crippen LogP contribution < -0.4 is 23.7 Å². The minimum absolute atomic E-state index is 0.160. The Hall–Kier alpha value is -2.89. The van der Waals surface area contributed by atoms with Gasteiger partial charge in [-0.1, -0.05) is 6.07 Å². The van der Waals surface area contributed by atoms with E-state index >= 15 is 0 Å². The van der Waals surface area contributed by atoms with Gasteiger partial charge in [-0.05, 0) is 30.3 Å². The molecule has 0 bridgehead atoms. The highest BCUT2D eigenvalue weighted by molar-refractivity contribution is 5.98. The summed E-state index contributed by atoms with van der Waals surface area (Å²) in [4.78, 5) is 12.4. The second-order valence-corrected chi connectivity index (χ2v) is 4.77. The van der Waals surface area contributed by atoms with Gasteiger partial charge in [-0.25, -0.2) is 0 Å². The quantitative estimate of drug-likeness (QED) is 0.693. The fourth-order valence-electron chi connectivity index (χ4n) is 2.19. The predicted octanol–water partition coefficient (Wildman–Crippen LogP) is 2.98. The van der Waals surface area contributed by atoms with Crippen LogP contribution >= 0.6 is 0 Å². The van der Waals surface area contributed by atoms with E-state index in [-0.39, 0.29) is 12.4 Å². The van der Waals surface area contributed by atoms with Crippen LogP contribution in [0, 0.1) is 0 Å². The van der Waals surface area contributed by atoms with Crippen LogP contribution in [0.5, 0.6) is 28.7 Å². The average Bonchev–Trinajstić information content (AvgIpc) is 2.64. The van der Waals surface area contributed by atoms with Crippen LogP contribution in [0.1, 0.15) is 10.4 Å². The molecule has 128 valence electrons. The van der Waals surface area contributed by atoms with Crippen LogP contribution in [-0.2, 0) is 0 Å². The molecular weight excluding hydrogens is 312 g/mol. The molecule has 6 nitrogen and oxygen atoms in total. The first-order valence-corrected chi connectivity index (χ1v) is 7.23. The third-order valence-corrected chi connectivity index (χ3v) is 3.44. The fraction of sp³-hybridized carbons (Fsp3) is 0.278. The van der Waals surface area contributed by atoms with Crippen molar-refractivity contribution in [1.82, 2.24) is 0 Å². The van der Waals surface area contributed by atoms with E-state index in [1.807, 2.05) is 0 Å². The summed E-state index contributed by atoms with van der Waals surface area (Å²) in [5, 5.41) is 0. The molecule has 2 aromatic carbocycles. The molecule has 0 N–H and O–H groups in total. The molecular formula is C18H20O6. The van der Waals surface area contributed by atoms with E-state index in [9.17, 15) is 4.79 Å². The molecule has 24 heavy (non-hydrogen) atoms. The van der Waals surface area contributed by atoms with Crippen molar-refractivity contribution in [3.8, 4) is 28.7 Å². The number of methoxy groups -OCH3 is 4. The lowest BCUT2D eigenvalue weighted by molar-refractivity contribution is 0.0917. The van der Waals surface area contributed by atoms with Crippen molar-refractivity contribution in [3.05, 3.63) is 42.0 Å². The van der Waals surface area contributed by atoms with Gasteiger partial charge in [0.15, 0.2) is 35.4 Å². The Morgan fingerprint density at radius 2 is 1.38 bits per heavy atom. The Balaban J connectivity index is 2.17. The molecule has 0 atom stereocenters. The largest absolute Gasteiger partial charge is 0.493 e. The first-order chi connectivity index (χ1) is 11.6. The number of Topliss-reactive ketones (excluding diaryl/α,β-unsaturated/α-hetero) is 1. The van der Waals surface area contributed by atoms with Crippen molar-refractivity contribution >= 4 is 5.78 Å². The summed E-state index contributed by atoms with van der Waals surface area (Å²) in [5.41, 5.74) is 0.460. The molecule has 2 rings (SSSR count). The summed E-state index contributed by atoms with van der Waals surface area (Å²) >= 11 is 0. The molecule has 0 aliphatic heterocycles. The molecule has 0 aromatic heterocycles. The average molecular weight is 332 g/mol. The van der Waals surface area contributed by atoms with Gasteiger partial charge < -0.3 is 23.7 Å². The molecule has 0 fully saturated rings. The molecule has 0 radical (unpaired) electrons. The number of ketones is 1. The van der Waals surface area contributed by atoms with Crippen molar-refractivity contribution in [2.45, 2.75) is 0 Å². The smallest absolute Gasteiger partial charge is 0.203 e. The lowest BCUT2D eigenvalue weighted by Crippen LogP contribution is -2.13. The lowest BCUT2D eigenvalue weighted by atomic mass is 10.1. The Labute approximate surface area is 140 Å². The van der Waals surface area contributed by atoms with E-state index in [1.54, 1.807) is 36.4 Å². The van der Waals surface area contributed by atoms with Gasteiger partial charge in [-0.15, -0.1) is 0 Å². The standard InChI is InChI=1S/C18H20O6/c1-20-14-9-8-12(10-17(14)23-4)13(19)11-24-18-15(21-2)6-5-7-16(18)22-3/h5-10H,11H2,1-4H3. The predicted molar refractivity (Wildman–Crippen MR) is 88.9 cm³/mol. The zero-order valence-electron chi connectivity index (χ0n) is 14.1. The Morgan fingerprint density at radius 1 is 0.792 bits per heavy atom. The topological polar surface area (TPSA) is 63.2 Å². The van der Waals surface area contributed by atoms with Gasteiger partial charge in [-0.2, -0.15) is 0 Å². The highest BCUT2D eigenvalue weighted by atomic mass is 16.5. The second-order valence-electron chi connectivity index (χ2n) is 4.77. The number of hydrogen-bond donors (Lipinski definition) is 0. The van der Waals surface area contributed by atoms with Crippen LogP contribution in [0.4, 0.5) is 0 Å². The monoisotopic (exact) mass is 332 g/mol. The molecule has 0 saturated heterocycles. The minimum Gasteiger partial charge on any atom is -0.493 e. The molecule has 0 saturated carbocycles. The highest BCUT2D eigenvalue weighted by Crippen LogP contribution is 2.37. The number of para-hydroxylation sites is 1. The molecule has 0 aliphatic rings. The van der Waals surface area contributed by atoms with Crippen LogP contribution in [0.3, 0.4) is 0 Å². The summed E-state index contributed by atoms with van der Waals surface area (Å²) in [5.74, 6) is 2.21. The van der Waals surface area contributed by atoms with Crippen molar-refractivity contribution in [1.29, 1.82) is 0 Å². The van der Waals surface area contributed by atoms with Crippen LogP contribution in [0.25, 0.3) is 0 Å². The number of carbonyl (C=O) groups excluding carboxylic acids is 1. The molecule has 0 unspecified atom stereocenters. The van der Waals surface area contributed by atoms with Crippen LogP contribution in [0.2, 0.25) is 0 Å². The maximum atomic E-state index is 12.4. The van der Waals surface area contributed by atoms with E-state index in [4.69, 9.17) is 23.7 Å². The third-order valence-electron chi connectivity index (χ3n) is 3.44. The van der Waals surface area contributed by atoms with Crippen molar-refractivity contribution in [2.75, 3.05) is 35.0 Å². The van der Waals surface area contributed by atoms with Gasteiger partial charge in [0.25, 0.3) is 0 Å². The number of benzene rings is 2. The minimum atomic E-state index is -0.205. The number of hydrogen-bond acceptors (Lipinski definition) is 6. The van der Waals surface area contributed by atoms with E-state index in [0.717, 1.165) is 0 Å². The summed E-state index contributed by atoms with van der Waals surface area (Å²) in [6.45, 7) is -0.160. The normalized spacial score (nSPS) is 10.0. The highest BCUT2D eigenvalue weighted by Gasteiger charge is 2.15. The van der Waals surface area contributed by atoms with Gasteiger partial charge in [0.2, 0.25) is 5.75 Å². The third kappa shape index (κ3) is 3.71. The summed E-state index contributed by atoms with van der Waals surface area (Å²) in [7, 11) is 6.11. The molecule has 0 heterocycles. The molecule has 2 aromatic rings. The number of ether oxygens (including phenoxy) is 5. The van der Waals surface area contributed by atoms with Crippen molar-refractivity contribution < 1.29 is 28.5 Å². The Bertz CT molecular complexity index is 688. The lowest BCUT2D eigenvalue weighted by Gasteiger charge is -2.14. The van der Waals surface area contributed by atoms with E-state index < -0.39 is 0 Å².